The van der Waals surface area contributed by atoms with Crippen molar-refractivity contribution in [2.24, 2.45) is 0 Å². The molecule has 0 atom stereocenters. The van der Waals surface area contributed by atoms with Gasteiger partial charge in [-0.25, -0.2) is 4.98 Å². The standard InChI is InChI=1S/C14H19N3/c1-2-3-14-16-9-11-17(14)10-8-12-4-6-13(15)7-5-12/h4-7,9,11H,2-3,8,10,15H2,1H3. The van der Waals surface area contributed by atoms with Crippen molar-refractivity contribution in [3.8, 4) is 0 Å². The van der Waals surface area contributed by atoms with Crippen molar-refractivity contribution in [2.75, 3.05) is 5.73 Å². The fraction of sp³-hybridized carbons (Fsp3) is 0.357. The summed E-state index contributed by atoms with van der Waals surface area (Å²) in [7, 11) is 0. The highest BCUT2D eigenvalue weighted by atomic mass is 15.1. The normalized spacial score (nSPS) is 10.6. The third-order valence-corrected chi connectivity index (χ3v) is 2.90. The molecule has 3 nitrogen and oxygen atoms in total. The van der Waals surface area contributed by atoms with E-state index in [-0.39, 0.29) is 0 Å². The molecule has 0 aliphatic carbocycles. The number of anilines is 1. The molecule has 0 radical (unpaired) electrons. The van der Waals surface area contributed by atoms with E-state index in [4.69, 9.17) is 5.73 Å². The second kappa shape index (κ2) is 5.53. The summed E-state index contributed by atoms with van der Waals surface area (Å²) in [5, 5.41) is 0. The van der Waals surface area contributed by atoms with Crippen LogP contribution in [0.2, 0.25) is 0 Å². The third-order valence-electron chi connectivity index (χ3n) is 2.90. The molecule has 0 saturated carbocycles. The van der Waals surface area contributed by atoms with Crippen LogP contribution in [0.4, 0.5) is 5.69 Å². The van der Waals surface area contributed by atoms with E-state index in [9.17, 15) is 0 Å². The van der Waals surface area contributed by atoms with E-state index in [2.05, 4.69) is 34.8 Å². The molecule has 3 heteroatoms. The molecule has 1 heterocycles. The van der Waals surface area contributed by atoms with Gasteiger partial charge in [0.25, 0.3) is 0 Å². The van der Waals surface area contributed by atoms with Gasteiger partial charge in [-0.15, -0.1) is 0 Å². The maximum Gasteiger partial charge on any atom is 0.108 e. The number of aromatic nitrogens is 2. The first kappa shape index (κ1) is 11.7. The molecular weight excluding hydrogens is 210 g/mol. The van der Waals surface area contributed by atoms with Crippen LogP contribution < -0.4 is 5.73 Å². The summed E-state index contributed by atoms with van der Waals surface area (Å²) in [6.45, 7) is 3.16. The van der Waals surface area contributed by atoms with Gasteiger partial charge in [-0.1, -0.05) is 19.1 Å². The smallest absolute Gasteiger partial charge is 0.108 e. The number of aryl methyl sites for hydroxylation is 3. The lowest BCUT2D eigenvalue weighted by molar-refractivity contribution is 0.642. The van der Waals surface area contributed by atoms with Gasteiger partial charge in [-0.2, -0.15) is 0 Å². The number of nitrogens with two attached hydrogens (primary N) is 1. The van der Waals surface area contributed by atoms with Crippen LogP contribution in [0.25, 0.3) is 0 Å². The van der Waals surface area contributed by atoms with Gasteiger partial charge in [-0.3, -0.25) is 0 Å². The van der Waals surface area contributed by atoms with Gasteiger partial charge in [0.05, 0.1) is 0 Å². The van der Waals surface area contributed by atoms with Crippen LogP contribution in [0, 0.1) is 0 Å². The van der Waals surface area contributed by atoms with Crippen LogP contribution >= 0.6 is 0 Å². The van der Waals surface area contributed by atoms with Crippen molar-refractivity contribution in [3.63, 3.8) is 0 Å². The molecule has 17 heavy (non-hydrogen) atoms. The van der Waals surface area contributed by atoms with Gasteiger partial charge in [0.15, 0.2) is 0 Å². The predicted octanol–water partition coefficient (Wildman–Crippen LogP) is 2.66. The number of hydrogen-bond acceptors (Lipinski definition) is 2. The minimum absolute atomic E-state index is 0.822. The molecule has 0 bridgehead atoms. The van der Waals surface area contributed by atoms with Crippen LogP contribution in [0.5, 0.6) is 0 Å². The molecule has 2 rings (SSSR count). The van der Waals surface area contributed by atoms with Gasteiger partial charge in [0.1, 0.15) is 5.82 Å². The highest BCUT2D eigenvalue weighted by molar-refractivity contribution is 5.39. The predicted molar refractivity (Wildman–Crippen MR) is 70.8 cm³/mol. The fourth-order valence-electron chi connectivity index (χ4n) is 1.93. The lowest BCUT2D eigenvalue weighted by Crippen LogP contribution is -2.05. The monoisotopic (exact) mass is 229 g/mol. The second-order valence-corrected chi connectivity index (χ2v) is 4.28. The largest absolute Gasteiger partial charge is 0.399 e. The minimum atomic E-state index is 0.822. The summed E-state index contributed by atoms with van der Waals surface area (Å²) in [6, 6.07) is 8.09. The Morgan fingerprint density at radius 3 is 2.65 bits per heavy atom. The number of rotatable bonds is 5. The van der Waals surface area contributed by atoms with E-state index >= 15 is 0 Å². The Morgan fingerprint density at radius 2 is 1.94 bits per heavy atom. The second-order valence-electron chi connectivity index (χ2n) is 4.28. The number of benzene rings is 1. The van der Waals surface area contributed by atoms with Gasteiger partial charge >= 0.3 is 0 Å². The lowest BCUT2D eigenvalue weighted by atomic mass is 10.1. The fourth-order valence-corrected chi connectivity index (χ4v) is 1.93. The molecule has 0 unspecified atom stereocenters. The Kier molecular flexibility index (Phi) is 3.81. The number of imidazole rings is 1. The van der Waals surface area contributed by atoms with E-state index in [1.165, 1.54) is 11.4 Å². The van der Waals surface area contributed by atoms with Crippen molar-refractivity contribution in [2.45, 2.75) is 32.7 Å². The van der Waals surface area contributed by atoms with Crippen molar-refractivity contribution >= 4 is 5.69 Å². The summed E-state index contributed by atoms with van der Waals surface area (Å²) in [5.74, 6) is 1.18. The van der Waals surface area contributed by atoms with Crippen LogP contribution in [0.1, 0.15) is 24.7 Å². The Bertz CT molecular complexity index is 457. The van der Waals surface area contributed by atoms with E-state index in [1.54, 1.807) is 0 Å². The third kappa shape index (κ3) is 3.09. The highest BCUT2D eigenvalue weighted by Gasteiger charge is 2.01. The van der Waals surface area contributed by atoms with Gasteiger partial charge in [0, 0.05) is 31.0 Å². The summed E-state index contributed by atoms with van der Waals surface area (Å²) < 4.78 is 2.24. The van der Waals surface area contributed by atoms with Crippen LogP contribution in [0.3, 0.4) is 0 Å². The molecule has 0 spiro atoms. The molecule has 1 aromatic carbocycles. The molecule has 0 amide bonds. The SMILES string of the molecule is CCCc1nccn1CCc1ccc(N)cc1. The summed E-state index contributed by atoms with van der Waals surface area (Å²) in [5.41, 5.74) is 7.80. The Balaban J connectivity index is 1.97. The van der Waals surface area contributed by atoms with E-state index in [1.807, 2.05) is 18.3 Å². The van der Waals surface area contributed by atoms with Gasteiger partial charge < -0.3 is 10.3 Å². The first-order valence-corrected chi connectivity index (χ1v) is 6.14. The molecule has 0 fully saturated rings. The molecule has 2 N–H and O–H groups in total. The van der Waals surface area contributed by atoms with Crippen LogP contribution in [-0.2, 0) is 19.4 Å². The molecule has 2 aromatic rings. The zero-order valence-corrected chi connectivity index (χ0v) is 10.3. The van der Waals surface area contributed by atoms with Gasteiger partial charge in [0.2, 0.25) is 0 Å². The van der Waals surface area contributed by atoms with Crippen molar-refractivity contribution in [3.05, 3.63) is 48.0 Å². The lowest BCUT2D eigenvalue weighted by Gasteiger charge is -2.07. The average Bonchev–Trinajstić information content (AvgIpc) is 2.77. The Morgan fingerprint density at radius 1 is 1.18 bits per heavy atom. The molecular formula is C14H19N3. The summed E-state index contributed by atoms with van der Waals surface area (Å²) in [4.78, 5) is 4.38. The molecule has 0 saturated heterocycles. The van der Waals surface area contributed by atoms with Crippen molar-refractivity contribution in [1.29, 1.82) is 0 Å². The number of hydrogen-bond donors (Lipinski definition) is 1. The number of nitrogen functional groups attached to an aromatic ring is 1. The van der Waals surface area contributed by atoms with Crippen molar-refractivity contribution in [1.82, 2.24) is 9.55 Å². The molecule has 0 aliphatic rings. The zero-order valence-electron chi connectivity index (χ0n) is 10.3. The first-order valence-electron chi connectivity index (χ1n) is 6.14. The van der Waals surface area contributed by atoms with E-state index in [0.29, 0.717) is 0 Å². The maximum absolute atomic E-state index is 5.67. The molecule has 90 valence electrons. The van der Waals surface area contributed by atoms with E-state index in [0.717, 1.165) is 31.5 Å². The first-order chi connectivity index (χ1) is 8.29. The topological polar surface area (TPSA) is 43.8 Å². The maximum atomic E-state index is 5.67. The summed E-state index contributed by atoms with van der Waals surface area (Å²) in [6.07, 6.45) is 7.15. The summed E-state index contributed by atoms with van der Waals surface area (Å²) >= 11 is 0. The quantitative estimate of drug-likeness (QED) is 0.801. The van der Waals surface area contributed by atoms with Gasteiger partial charge in [-0.05, 0) is 30.5 Å². The molecule has 1 aromatic heterocycles. The minimum Gasteiger partial charge on any atom is -0.399 e. The molecule has 0 aliphatic heterocycles. The van der Waals surface area contributed by atoms with Crippen molar-refractivity contribution < 1.29 is 0 Å². The van der Waals surface area contributed by atoms with Crippen LogP contribution in [0.15, 0.2) is 36.7 Å². The highest BCUT2D eigenvalue weighted by Crippen LogP contribution is 2.08. The average molecular weight is 229 g/mol. The zero-order chi connectivity index (χ0) is 12.1. The Hall–Kier alpha value is -1.77. The number of nitrogens with zero attached hydrogens (tertiary/aromatic N) is 2. The van der Waals surface area contributed by atoms with E-state index < -0.39 is 0 Å². The Labute approximate surface area is 102 Å². The van der Waals surface area contributed by atoms with Crippen LogP contribution in [-0.4, -0.2) is 9.55 Å².